The number of amides is 1. The molecule has 1 amide bonds. The molecule has 0 unspecified atom stereocenters. The number of anilines is 1. The first-order valence-corrected chi connectivity index (χ1v) is 8.23. The van der Waals surface area contributed by atoms with E-state index in [4.69, 9.17) is 16.0 Å². The lowest BCUT2D eigenvalue weighted by Crippen LogP contribution is -2.11. The van der Waals surface area contributed by atoms with Crippen molar-refractivity contribution in [2.24, 2.45) is 0 Å². The minimum Gasteiger partial charge on any atom is -0.451 e. The molecule has 1 N–H and O–H groups in total. The average Bonchev–Trinajstić information content (AvgIpc) is 3.07. The predicted octanol–water partition coefficient (Wildman–Crippen LogP) is 5.52. The summed E-state index contributed by atoms with van der Waals surface area (Å²) in [5.74, 6) is -0.0120. The van der Waals surface area contributed by atoms with Gasteiger partial charge in [0.15, 0.2) is 5.76 Å². The molecule has 3 aromatic rings. The van der Waals surface area contributed by atoms with Gasteiger partial charge in [0, 0.05) is 16.1 Å². The van der Waals surface area contributed by atoms with Crippen molar-refractivity contribution in [3.63, 3.8) is 0 Å². The fourth-order valence-corrected chi connectivity index (χ4v) is 2.74. The molecule has 1 heterocycles. The van der Waals surface area contributed by atoms with Crippen molar-refractivity contribution in [1.82, 2.24) is 0 Å². The third-order valence-electron chi connectivity index (χ3n) is 3.38. The summed E-state index contributed by atoms with van der Waals surface area (Å²) in [5.41, 5.74) is 0.832. The van der Waals surface area contributed by atoms with Crippen molar-refractivity contribution in [2.75, 3.05) is 5.32 Å². The van der Waals surface area contributed by atoms with Crippen LogP contribution in [0.4, 0.5) is 11.4 Å². The molecule has 0 aliphatic carbocycles. The number of nitro groups is 1. The number of para-hydroxylation sites is 1. The largest absolute Gasteiger partial charge is 0.451 e. The second kappa shape index (κ2) is 7.08. The number of hydrogen-bond acceptors (Lipinski definition) is 4. The third-order valence-corrected chi connectivity index (χ3v) is 4.39. The zero-order valence-corrected chi connectivity index (χ0v) is 14.9. The molecule has 1 aromatic heterocycles. The Hall–Kier alpha value is -2.64. The maximum absolute atomic E-state index is 12.3. The van der Waals surface area contributed by atoms with Crippen LogP contribution in [0.3, 0.4) is 0 Å². The summed E-state index contributed by atoms with van der Waals surface area (Å²) >= 11 is 9.14. The van der Waals surface area contributed by atoms with Crippen LogP contribution in [0.1, 0.15) is 10.6 Å². The molecular weight excluding hydrogens is 412 g/mol. The second-order valence-corrected chi connectivity index (χ2v) is 6.28. The summed E-state index contributed by atoms with van der Waals surface area (Å²) in [7, 11) is 0. The van der Waals surface area contributed by atoms with Crippen LogP contribution in [0.25, 0.3) is 11.3 Å². The van der Waals surface area contributed by atoms with E-state index < -0.39 is 10.8 Å². The molecule has 0 atom stereocenters. The van der Waals surface area contributed by atoms with Crippen molar-refractivity contribution in [3.8, 4) is 11.3 Å². The number of nitro benzene ring substituents is 1. The molecule has 0 radical (unpaired) electrons. The lowest BCUT2D eigenvalue weighted by Gasteiger charge is -2.05. The van der Waals surface area contributed by atoms with E-state index in [1.165, 1.54) is 18.2 Å². The van der Waals surface area contributed by atoms with Gasteiger partial charge in [0.25, 0.3) is 11.6 Å². The summed E-state index contributed by atoms with van der Waals surface area (Å²) in [5, 5.41) is 13.7. The van der Waals surface area contributed by atoms with E-state index in [0.717, 1.165) is 4.47 Å². The first-order valence-electron chi connectivity index (χ1n) is 7.06. The van der Waals surface area contributed by atoms with Crippen molar-refractivity contribution in [1.29, 1.82) is 0 Å². The van der Waals surface area contributed by atoms with Gasteiger partial charge in [-0.1, -0.05) is 23.7 Å². The Morgan fingerprint density at radius 1 is 1.16 bits per heavy atom. The van der Waals surface area contributed by atoms with Gasteiger partial charge in [-0.25, -0.2) is 0 Å². The van der Waals surface area contributed by atoms with E-state index in [2.05, 4.69) is 21.2 Å². The monoisotopic (exact) mass is 420 g/mol. The van der Waals surface area contributed by atoms with Gasteiger partial charge in [-0.3, -0.25) is 14.9 Å². The summed E-state index contributed by atoms with van der Waals surface area (Å²) in [6.07, 6.45) is 0. The molecule has 126 valence electrons. The summed E-state index contributed by atoms with van der Waals surface area (Å²) in [4.78, 5) is 22.7. The van der Waals surface area contributed by atoms with Crippen LogP contribution < -0.4 is 5.32 Å². The van der Waals surface area contributed by atoms with E-state index in [1.54, 1.807) is 30.3 Å². The topological polar surface area (TPSA) is 85.4 Å². The van der Waals surface area contributed by atoms with Crippen LogP contribution in [-0.2, 0) is 0 Å². The van der Waals surface area contributed by atoms with E-state index in [1.807, 2.05) is 6.07 Å². The van der Waals surface area contributed by atoms with Crippen LogP contribution in [0.2, 0.25) is 5.02 Å². The van der Waals surface area contributed by atoms with Gasteiger partial charge in [-0.15, -0.1) is 0 Å². The van der Waals surface area contributed by atoms with E-state index >= 15 is 0 Å². The van der Waals surface area contributed by atoms with Gasteiger partial charge in [-0.2, -0.15) is 0 Å². The van der Waals surface area contributed by atoms with Gasteiger partial charge in [-0.05, 0) is 52.3 Å². The van der Waals surface area contributed by atoms with Crippen LogP contribution in [0.5, 0.6) is 0 Å². The number of nitrogens with zero attached hydrogens (tertiary/aromatic N) is 1. The Labute approximate surface area is 155 Å². The second-order valence-electron chi connectivity index (χ2n) is 5.02. The number of rotatable bonds is 4. The standard InChI is InChI=1S/C17H10BrClN2O4/c18-11-3-1-2-4-13(11)20-17(22)16-8-7-15(25-16)10-5-6-12(19)14(9-10)21(23)24/h1-9H,(H,20,22). The normalized spacial score (nSPS) is 10.5. The summed E-state index contributed by atoms with van der Waals surface area (Å²) < 4.78 is 6.26. The van der Waals surface area contributed by atoms with Crippen molar-refractivity contribution >= 4 is 44.8 Å². The SMILES string of the molecule is O=C(Nc1ccccc1Br)c1ccc(-c2ccc(Cl)c([N+](=O)[O-])c2)o1. The molecule has 0 spiro atoms. The van der Waals surface area contributed by atoms with Crippen LogP contribution in [0, 0.1) is 10.1 Å². The Morgan fingerprint density at radius 2 is 1.92 bits per heavy atom. The maximum Gasteiger partial charge on any atom is 0.291 e. The summed E-state index contributed by atoms with van der Waals surface area (Å²) in [6.45, 7) is 0. The fraction of sp³-hybridized carbons (Fsp3) is 0. The number of halogens is 2. The number of benzene rings is 2. The number of furan rings is 1. The van der Waals surface area contributed by atoms with Crippen molar-refractivity contribution < 1.29 is 14.1 Å². The van der Waals surface area contributed by atoms with E-state index in [0.29, 0.717) is 17.0 Å². The highest BCUT2D eigenvalue weighted by molar-refractivity contribution is 9.10. The molecule has 3 rings (SSSR count). The smallest absolute Gasteiger partial charge is 0.291 e. The van der Waals surface area contributed by atoms with Crippen LogP contribution in [0.15, 0.2) is 63.5 Å². The number of carbonyl (C=O) groups is 1. The molecule has 0 aliphatic rings. The quantitative estimate of drug-likeness (QED) is 0.444. The first kappa shape index (κ1) is 17.2. The number of nitrogens with one attached hydrogen (secondary N) is 1. The summed E-state index contributed by atoms with van der Waals surface area (Å²) in [6, 6.07) is 14.5. The van der Waals surface area contributed by atoms with Crippen molar-refractivity contribution in [3.05, 3.63) is 80.0 Å². The first-order chi connectivity index (χ1) is 12.0. The van der Waals surface area contributed by atoms with Crippen LogP contribution >= 0.6 is 27.5 Å². The Balaban J connectivity index is 1.85. The van der Waals surface area contributed by atoms with Gasteiger partial charge in [0.2, 0.25) is 0 Å². The van der Waals surface area contributed by atoms with E-state index in [-0.39, 0.29) is 16.5 Å². The Morgan fingerprint density at radius 3 is 2.64 bits per heavy atom. The maximum atomic E-state index is 12.3. The van der Waals surface area contributed by atoms with Gasteiger partial charge >= 0.3 is 0 Å². The third kappa shape index (κ3) is 3.72. The minimum atomic E-state index is -0.574. The van der Waals surface area contributed by atoms with Gasteiger partial charge in [0.05, 0.1) is 10.6 Å². The molecule has 0 fully saturated rings. The highest BCUT2D eigenvalue weighted by Crippen LogP contribution is 2.31. The number of carbonyl (C=O) groups excluding carboxylic acids is 1. The molecule has 0 bridgehead atoms. The highest BCUT2D eigenvalue weighted by Gasteiger charge is 2.17. The molecule has 0 saturated carbocycles. The zero-order valence-electron chi connectivity index (χ0n) is 12.5. The molecule has 0 aliphatic heterocycles. The minimum absolute atomic E-state index is 0.0344. The van der Waals surface area contributed by atoms with Crippen LogP contribution in [-0.4, -0.2) is 10.8 Å². The van der Waals surface area contributed by atoms with Crippen molar-refractivity contribution in [2.45, 2.75) is 0 Å². The Bertz CT molecular complexity index is 971. The zero-order chi connectivity index (χ0) is 18.0. The molecule has 6 nitrogen and oxygen atoms in total. The predicted molar refractivity (Wildman–Crippen MR) is 97.9 cm³/mol. The fourth-order valence-electron chi connectivity index (χ4n) is 2.17. The van der Waals surface area contributed by atoms with Gasteiger partial charge < -0.3 is 9.73 Å². The highest BCUT2D eigenvalue weighted by atomic mass is 79.9. The lowest BCUT2D eigenvalue weighted by molar-refractivity contribution is -0.384. The van der Waals surface area contributed by atoms with Gasteiger partial charge in [0.1, 0.15) is 10.8 Å². The average molecular weight is 422 g/mol. The molecule has 8 heteroatoms. The molecule has 25 heavy (non-hydrogen) atoms. The Kier molecular flexibility index (Phi) is 4.87. The number of hydrogen-bond donors (Lipinski definition) is 1. The molecule has 0 saturated heterocycles. The molecular formula is C17H10BrClN2O4. The van der Waals surface area contributed by atoms with E-state index in [9.17, 15) is 14.9 Å². The lowest BCUT2D eigenvalue weighted by atomic mass is 10.1. The molecule has 2 aromatic carbocycles.